The summed E-state index contributed by atoms with van der Waals surface area (Å²) in [5.41, 5.74) is 7.60. The van der Waals surface area contributed by atoms with Crippen molar-refractivity contribution in [1.29, 1.82) is 0 Å². The van der Waals surface area contributed by atoms with Crippen LogP contribution in [-0.2, 0) is 6.54 Å². The maximum Gasteiger partial charge on any atom is 0.271 e. The molecule has 2 unspecified atom stereocenters. The van der Waals surface area contributed by atoms with Crippen molar-refractivity contribution < 1.29 is 4.79 Å². The number of nitrogens with one attached hydrogen (secondary N) is 1. The maximum absolute atomic E-state index is 12.0. The fourth-order valence-corrected chi connectivity index (χ4v) is 2.05. The van der Waals surface area contributed by atoms with E-state index in [-0.39, 0.29) is 5.91 Å². The van der Waals surface area contributed by atoms with Crippen molar-refractivity contribution in [3.05, 3.63) is 11.4 Å². The molecule has 1 aliphatic rings. The van der Waals surface area contributed by atoms with Crippen molar-refractivity contribution in [2.75, 3.05) is 12.3 Å². The highest BCUT2D eigenvalue weighted by Gasteiger charge is 2.33. The molecule has 5 nitrogen and oxygen atoms in total. The number of aryl methyl sites for hydroxylation is 2. The van der Waals surface area contributed by atoms with Crippen LogP contribution in [-0.4, -0.2) is 22.2 Å². The minimum absolute atomic E-state index is 0.107. The summed E-state index contributed by atoms with van der Waals surface area (Å²) >= 11 is 0. The number of hydrogen-bond donors (Lipinski definition) is 2. The van der Waals surface area contributed by atoms with E-state index in [1.807, 2.05) is 13.8 Å². The first-order valence-electron chi connectivity index (χ1n) is 6.15. The Labute approximate surface area is 101 Å². The number of nitrogens with two attached hydrogens (primary N) is 1. The topological polar surface area (TPSA) is 72.9 Å². The third-order valence-electron chi connectivity index (χ3n) is 3.49. The van der Waals surface area contributed by atoms with Crippen LogP contribution < -0.4 is 11.1 Å². The van der Waals surface area contributed by atoms with Crippen LogP contribution in [0.4, 0.5) is 5.69 Å². The second kappa shape index (κ2) is 4.39. The molecule has 1 aromatic heterocycles. The zero-order valence-electron chi connectivity index (χ0n) is 10.7. The summed E-state index contributed by atoms with van der Waals surface area (Å²) in [6.45, 7) is 7.37. The number of carbonyl (C=O) groups excluding carboxylic acids is 1. The van der Waals surface area contributed by atoms with Gasteiger partial charge in [0, 0.05) is 13.1 Å². The number of rotatable bonds is 4. The average molecular weight is 236 g/mol. The first-order chi connectivity index (χ1) is 8.04. The molecule has 0 aliphatic heterocycles. The SMILES string of the molecule is CCn1nc(C)c(N)c1C(=O)NCC1CC1C. The molecule has 2 atom stereocenters. The van der Waals surface area contributed by atoms with Gasteiger partial charge in [-0.1, -0.05) is 6.92 Å². The minimum atomic E-state index is -0.107. The highest BCUT2D eigenvalue weighted by Crippen LogP contribution is 2.36. The van der Waals surface area contributed by atoms with Gasteiger partial charge < -0.3 is 11.1 Å². The van der Waals surface area contributed by atoms with Crippen LogP contribution in [0.25, 0.3) is 0 Å². The fourth-order valence-electron chi connectivity index (χ4n) is 2.05. The Morgan fingerprint density at radius 1 is 1.65 bits per heavy atom. The van der Waals surface area contributed by atoms with Gasteiger partial charge in [-0.15, -0.1) is 0 Å². The Morgan fingerprint density at radius 2 is 2.29 bits per heavy atom. The molecule has 1 aromatic rings. The van der Waals surface area contributed by atoms with Crippen molar-refractivity contribution in [1.82, 2.24) is 15.1 Å². The Kier molecular flexibility index (Phi) is 3.09. The highest BCUT2D eigenvalue weighted by molar-refractivity contribution is 5.97. The van der Waals surface area contributed by atoms with Crippen LogP contribution >= 0.6 is 0 Å². The van der Waals surface area contributed by atoms with Crippen LogP contribution in [0.2, 0.25) is 0 Å². The molecular weight excluding hydrogens is 216 g/mol. The number of aromatic nitrogens is 2. The van der Waals surface area contributed by atoms with Gasteiger partial charge in [0.2, 0.25) is 0 Å². The zero-order valence-corrected chi connectivity index (χ0v) is 10.7. The van der Waals surface area contributed by atoms with E-state index >= 15 is 0 Å². The molecule has 0 bridgehead atoms. The lowest BCUT2D eigenvalue weighted by Gasteiger charge is -2.07. The number of amides is 1. The largest absolute Gasteiger partial charge is 0.395 e. The van der Waals surface area contributed by atoms with Gasteiger partial charge >= 0.3 is 0 Å². The van der Waals surface area contributed by atoms with E-state index in [4.69, 9.17) is 5.73 Å². The Morgan fingerprint density at radius 3 is 2.82 bits per heavy atom. The molecule has 0 radical (unpaired) electrons. The van der Waals surface area contributed by atoms with E-state index in [1.165, 1.54) is 6.42 Å². The van der Waals surface area contributed by atoms with Gasteiger partial charge in [0.1, 0.15) is 5.69 Å². The van der Waals surface area contributed by atoms with Crippen molar-refractivity contribution in [3.63, 3.8) is 0 Å². The quantitative estimate of drug-likeness (QED) is 0.824. The Balaban J connectivity index is 2.07. The second-order valence-electron chi connectivity index (χ2n) is 4.85. The van der Waals surface area contributed by atoms with Crippen LogP contribution in [0.3, 0.4) is 0 Å². The standard InChI is InChI=1S/C12H20N4O/c1-4-16-11(10(13)8(3)15-16)12(17)14-6-9-5-7(9)2/h7,9H,4-6,13H2,1-3H3,(H,14,17). The third-order valence-corrected chi connectivity index (χ3v) is 3.49. The molecule has 1 heterocycles. The molecule has 1 saturated carbocycles. The molecule has 0 saturated heterocycles. The van der Waals surface area contributed by atoms with Gasteiger partial charge in [-0.25, -0.2) is 0 Å². The number of nitrogens with zero attached hydrogens (tertiary/aromatic N) is 2. The van der Waals surface area contributed by atoms with Gasteiger partial charge in [-0.2, -0.15) is 5.10 Å². The zero-order chi connectivity index (χ0) is 12.6. The van der Waals surface area contributed by atoms with Gasteiger partial charge in [-0.05, 0) is 32.1 Å². The van der Waals surface area contributed by atoms with Crippen molar-refractivity contribution in [3.8, 4) is 0 Å². The number of nitrogen functional groups attached to an aromatic ring is 1. The summed E-state index contributed by atoms with van der Waals surface area (Å²) in [6.07, 6.45) is 1.21. The van der Waals surface area contributed by atoms with E-state index < -0.39 is 0 Å². The molecule has 1 aliphatic carbocycles. The van der Waals surface area contributed by atoms with Crippen molar-refractivity contribution in [2.24, 2.45) is 11.8 Å². The molecule has 0 spiro atoms. The molecule has 5 heteroatoms. The first-order valence-corrected chi connectivity index (χ1v) is 6.15. The fraction of sp³-hybridized carbons (Fsp3) is 0.667. The minimum Gasteiger partial charge on any atom is -0.395 e. The van der Waals surface area contributed by atoms with Crippen LogP contribution in [0.15, 0.2) is 0 Å². The normalized spacial score (nSPS) is 22.5. The lowest BCUT2D eigenvalue weighted by Crippen LogP contribution is -2.29. The summed E-state index contributed by atoms with van der Waals surface area (Å²) in [4.78, 5) is 12.0. The monoisotopic (exact) mass is 236 g/mol. The molecule has 0 aromatic carbocycles. The molecule has 17 heavy (non-hydrogen) atoms. The second-order valence-corrected chi connectivity index (χ2v) is 4.85. The highest BCUT2D eigenvalue weighted by atomic mass is 16.2. The first kappa shape index (κ1) is 12.0. The predicted molar refractivity (Wildman–Crippen MR) is 66.7 cm³/mol. The molecule has 1 fully saturated rings. The lowest BCUT2D eigenvalue weighted by molar-refractivity contribution is 0.0941. The smallest absolute Gasteiger partial charge is 0.271 e. The van der Waals surface area contributed by atoms with E-state index in [0.29, 0.717) is 23.8 Å². The van der Waals surface area contributed by atoms with E-state index in [2.05, 4.69) is 17.3 Å². The van der Waals surface area contributed by atoms with Gasteiger partial charge in [-0.3, -0.25) is 9.48 Å². The Hall–Kier alpha value is -1.52. The van der Waals surface area contributed by atoms with E-state index in [0.717, 1.165) is 18.2 Å². The van der Waals surface area contributed by atoms with Gasteiger partial charge in [0.25, 0.3) is 5.91 Å². The third kappa shape index (κ3) is 2.28. The number of hydrogen-bond acceptors (Lipinski definition) is 3. The van der Waals surface area contributed by atoms with E-state index in [9.17, 15) is 4.79 Å². The summed E-state index contributed by atoms with van der Waals surface area (Å²) in [5, 5.41) is 7.18. The van der Waals surface area contributed by atoms with E-state index in [1.54, 1.807) is 4.68 Å². The predicted octanol–water partition coefficient (Wildman–Crippen LogP) is 1.18. The summed E-state index contributed by atoms with van der Waals surface area (Å²) in [6, 6.07) is 0. The van der Waals surface area contributed by atoms with Gasteiger partial charge in [0.05, 0.1) is 11.4 Å². The van der Waals surface area contributed by atoms with Crippen molar-refractivity contribution in [2.45, 2.75) is 33.7 Å². The van der Waals surface area contributed by atoms with Crippen LogP contribution in [0.1, 0.15) is 36.5 Å². The van der Waals surface area contributed by atoms with Crippen molar-refractivity contribution >= 4 is 11.6 Å². The Bertz CT molecular complexity index is 438. The average Bonchev–Trinajstić information content (AvgIpc) is 2.92. The molecular formula is C12H20N4O. The lowest BCUT2D eigenvalue weighted by atomic mass is 10.2. The molecule has 94 valence electrons. The van der Waals surface area contributed by atoms with Crippen LogP contribution in [0.5, 0.6) is 0 Å². The molecule has 1 amide bonds. The molecule has 3 N–H and O–H groups in total. The maximum atomic E-state index is 12.0. The van der Waals surface area contributed by atoms with Gasteiger partial charge in [0.15, 0.2) is 0 Å². The number of carbonyl (C=O) groups is 1. The summed E-state index contributed by atoms with van der Waals surface area (Å²) in [5.74, 6) is 1.27. The molecule has 2 rings (SSSR count). The number of anilines is 1. The van der Waals surface area contributed by atoms with Crippen LogP contribution in [0, 0.1) is 18.8 Å². The summed E-state index contributed by atoms with van der Waals surface area (Å²) in [7, 11) is 0. The summed E-state index contributed by atoms with van der Waals surface area (Å²) < 4.78 is 1.66.